The van der Waals surface area contributed by atoms with Gasteiger partial charge in [-0.1, -0.05) is 33.6 Å². The standard InChI is InChI=1S/C17H21BrN2/c1-3-20(16-7-4-13(2)5-8-16)17-9-6-15(18)12-14(17)10-11-19/h4-9,12H,3,10-11,19H2,1-2H3. The molecule has 20 heavy (non-hydrogen) atoms. The summed E-state index contributed by atoms with van der Waals surface area (Å²) in [5.74, 6) is 0. The minimum Gasteiger partial charge on any atom is -0.342 e. The summed E-state index contributed by atoms with van der Waals surface area (Å²) in [5, 5.41) is 0. The summed E-state index contributed by atoms with van der Waals surface area (Å²) in [6.45, 7) is 5.88. The summed E-state index contributed by atoms with van der Waals surface area (Å²) < 4.78 is 1.10. The Labute approximate surface area is 129 Å². The van der Waals surface area contributed by atoms with Gasteiger partial charge < -0.3 is 10.6 Å². The van der Waals surface area contributed by atoms with Crippen molar-refractivity contribution in [1.82, 2.24) is 0 Å². The van der Waals surface area contributed by atoms with Gasteiger partial charge in [-0.2, -0.15) is 0 Å². The fraction of sp³-hybridized carbons (Fsp3) is 0.294. The van der Waals surface area contributed by atoms with Gasteiger partial charge in [0.05, 0.1) is 0 Å². The number of hydrogen-bond donors (Lipinski definition) is 1. The van der Waals surface area contributed by atoms with Crippen molar-refractivity contribution in [1.29, 1.82) is 0 Å². The zero-order valence-electron chi connectivity index (χ0n) is 12.1. The van der Waals surface area contributed by atoms with E-state index in [-0.39, 0.29) is 0 Å². The number of halogens is 1. The van der Waals surface area contributed by atoms with E-state index in [9.17, 15) is 0 Å². The molecule has 2 aromatic carbocycles. The van der Waals surface area contributed by atoms with E-state index in [1.807, 2.05) is 0 Å². The molecule has 2 nitrogen and oxygen atoms in total. The Morgan fingerprint density at radius 1 is 1.10 bits per heavy atom. The van der Waals surface area contributed by atoms with Crippen LogP contribution in [0.2, 0.25) is 0 Å². The maximum Gasteiger partial charge on any atom is 0.0444 e. The topological polar surface area (TPSA) is 29.3 Å². The molecule has 0 amide bonds. The van der Waals surface area contributed by atoms with Crippen LogP contribution in [0, 0.1) is 6.92 Å². The van der Waals surface area contributed by atoms with Crippen LogP contribution in [0.15, 0.2) is 46.9 Å². The van der Waals surface area contributed by atoms with Crippen molar-refractivity contribution in [3.05, 3.63) is 58.1 Å². The lowest BCUT2D eigenvalue weighted by molar-refractivity contribution is 0.941. The molecule has 0 unspecified atom stereocenters. The quantitative estimate of drug-likeness (QED) is 0.878. The normalized spacial score (nSPS) is 10.6. The molecule has 0 aliphatic heterocycles. The third-order valence-corrected chi connectivity index (χ3v) is 3.90. The molecule has 0 bridgehead atoms. The summed E-state index contributed by atoms with van der Waals surface area (Å²) in [6.07, 6.45) is 0.886. The van der Waals surface area contributed by atoms with Gasteiger partial charge in [0.2, 0.25) is 0 Å². The molecule has 0 spiro atoms. The molecule has 2 N–H and O–H groups in total. The van der Waals surface area contributed by atoms with Crippen LogP contribution in [0.1, 0.15) is 18.1 Å². The monoisotopic (exact) mass is 332 g/mol. The van der Waals surface area contributed by atoms with Crippen LogP contribution < -0.4 is 10.6 Å². The predicted octanol–water partition coefficient (Wildman–Crippen LogP) is 4.42. The molecule has 0 heterocycles. The summed E-state index contributed by atoms with van der Waals surface area (Å²) in [6, 6.07) is 15.1. The van der Waals surface area contributed by atoms with Gasteiger partial charge in [0, 0.05) is 22.4 Å². The second-order valence-electron chi connectivity index (χ2n) is 4.89. The molecule has 0 saturated heterocycles. The van der Waals surface area contributed by atoms with Crippen LogP contribution in [0.3, 0.4) is 0 Å². The predicted molar refractivity (Wildman–Crippen MR) is 90.8 cm³/mol. The van der Waals surface area contributed by atoms with Gasteiger partial charge in [0.1, 0.15) is 0 Å². The number of rotatable bonds is 5. The highest BCUT2D eigenvalue weighted by Crippen LogP contribution is 2.31. The number of aryl methyl sites for hydroxylation is 1. The number of nitrogens with zero attached hydrogens (tertiary/aromatic N) is 1. The Hall–Kier alpha value is -1.32. The third-order valence-electron chi connectivity index (χ3n) is 3.41. The highest BCUT2D eigenvalue weighted by atomic mass is 79.9. The number of hydrogen-bond acceptors (Lipinski definition) is 2. The fourth-order valence-electron chi connectivity index (χ4n) is 2.39. The Morgan fingerprint density at radius 3 is 2.40 bits per heavy atom. The average molecular weight is 333 g/mol. The van der Waals surface area contributed by atoms with Crippen LogP contribution in [0.5, 0.6) is 0 Å². The number of anilines is 2. The van der Waals surface area contributed by atoms with E-state index in [2.05, 4.69) is 77.1 Å². The largest absolute Gasteiger partial charge is 0.342 e. The van der Waals surface area contributed by atoms with Gasteiger partial charge in [0.15, 0.2) is 0 Å². The van der Waals surface area contributed by atoms with E-state index in [1.54, 1.807) is 0 Å². The number of benzene rings is 2. The van der Waals surface area contributed by atoms with Crippen molar-refractivity contribution >= 4 is 27.3 Å². The lowest BCUT2D eigenvalue weighted by Crippen LogP contribution is -2.18. The van der Waals surface area contributed by atoms with E-state index in [4.69, 9.17) is 5.73 Å². The van der Waals surface area contributed by atoms with Gasteiger partial charge in [0.25, 0.3) is 0 Å². The molecular formula is C17H21BrN2. The molecule has 0 radical (unpaired) electrons. The first-order chi connectivity index (χ1) is 9.65. The fourth-order valence-corrected chi connectivity index (χ4v) is 2.80. The molecule has 2 aromatic rings. The SMILES string of the molecule is CCN(c1ccc(C)cc1)c1ccc(Br)cc1CCN. The van der Waals surface area contributed by atoms with E-state index in [0.717, 1.165) is 17.4 Å². The van der Waals surface area contributed by atoms with Crippen LogP contribution in [-0.2, 0) is 6.42 Å². The zero-order valence-corrected chi connectivity index (χ0v) is 13.7. The average Bonchev–Trinajstić information content (AvgIpc) is 2.44. The van der Waals surface area contributed by atoms with Crippen molar-refractivity contribution in [3.63, 3.8) is 0 Å². The minimum absolute atomic E-state index is 0.662. The lowest BCUT2D eigenvalue weighted by Gasteiger charge is -2.26. The molecule has 0 atom stereocenters. The van der Waals surface area contributed by atoms with Crippen LogP contribution >= 0.6 is 15.9 Å². The van der Waals surface area contributed by atoms with Gasteiger partial charge in [-0.25, -0.2) is 0 Å². The van der Waals surface area contributed by atoms with Crippen molar-refractivity contribution in [2.75, 3.05) is 18.0 Å². The number of nitrogens with two attached hydrogens (primary N) is 1. The first kappa shape index (κ1) is 15.1. The minimum atomic E-state index is 0.662. The van der Waals surface area contributed by atoms with Gasteiger partial charge in [-0.15, -0.1) is 0 Å². The highest BCUT2D eigenvalue weighted by Gasteiger charge is 2.11. The summed E-state index contributed by atoms with van der Waals surface area (Å²) >= 11 is 3.54. The Morgan fingerprint density at radius 2 is 1.80 bits per heavy atom. The second kappa shape index (κ2) is 6.91. The Kier molecular flexibility index (Phi) is 5.21. The van der Waals surface area contributed by atoms with E-state index >= 15 is 0 Å². The summed E-state index contributed by atoms with van der Waals surface area (Å²) in [5.41, 5.74) is 10.8. The molecule has 0 saturated carbocycles. The molecule has 2 rings (SSSR count). The first-order valence-corrected chi connectivity index (χ1v) is 7.77. The Bertz CT molecular complexity index is 564. The maximum atomic E-state index is 5.75. The summed E-state index contributed by atoms with van der Waals surface area (Å²) in [7, 11) is 0. The van der Waals surface area contributed by atoms with E-state index in [1.165, 1.54) is 22.5 Å². The second-order valence-corrected chi connectivity index (χ2v) is 5.81. The molecule has 0 aliphatic rings. The van der Waals surface area contributed by atoms with Gasteiger partial charge in [-0.05, 0) is 62.7 Å². The van der Waals surface area contributed by atoms with Crippen LogP contribution in [-0.4, -0.2) is 13.1 Å². The summed E-state index contributed by atoms with van der Waals surface area (Å²) in [4.78, 5) is 2.33. The molecule has 0 aromatic heterocycles. The smallest absolute Gasteiger partial charge is 0.0444 e. The van der Waals surface area contributed by atoms with E-state index < -0.39 is 0 Å². The zero-order chi connectivity index (χ0) is 14.5. The molecule has 3 heteroatoms. The van der Waals surface area contributed by atoms with Gasteiger partial charge >= 0.3 is 0 Å². The molecular weight excluding hydrogens is 312 g/mol. The Balaban J connectivity index is 2.43. The molecule has 0 fully saturated rings. The maximum absolute atomic E-state index is 5.75. The van der Waals surface area contributed by atoms with Gasteiger partial charge in [-0.3, -0.25) is 0 Å². The first-order valence-electron chi connectivity index (χ1n) is 6.98. The van der Waals surface area contributed by atoms with Crippen molar-refractivity contribution in [3.8, 4) is 0 Å². The van der Waals surface area contributed by atoms with Crippen molar-refractivity contribution < 1.29 is 0 Å². The molecule has 0 aliphatic carbocycles. The van der Waals surface area contributed by atoms with Crippen LogP contribution in [0.4, 0.5) is 11.4 Å². The molecule has 106 valence electrons. The van der Waals surface area contributed by atoms with Crippen molar-refractivity contribution in [2.24, 2.45) is 5.73 Å². The van der Waals surface area contributed by atoms with E-state index in [0.29, 0.717) is 6.54 Å². The van der Waals surface area contributed by atoms with Crippen molar-refractivity contribution in [2.45, 2.75) is 20.3 Å². The highest BCUT2D eigenvalue weighted by molar-refractivity contribution is 9.10. The van der Waals surface area contributed by atoms with Crippen LogP contribution in [0.25, 0.3) is 0 Å². The lowest BCUT2D eigenvalue weighted by atomic mass is 10.1. The third kappa shape index (κ3) is 3.41.